The number of rotatable bonds is 3. The molecule has 0 saturated heterocycles. The van der Waals surface area contributed by atoms with Gasteiger partial charge in [-0.25, -0.2) is 9.97 Å². The fraction of sp³-hybridized carbons (Fsp3) is 0. The summed E-state index contributed by atoms with van der Waals surface area (Å²) >= 11 is 0. The lowest BCUT2D eigenvalue weighted by Gasteiger charge is -2.06. The Bertz CT molecular complexity index is 811. The summed E-state index contributed by atoms with van der Waals surface area (Å²) in [4.78, 5) is 17.3. The average molecular weight is 300 g/mol. The molecule has 9 heteroatoms. The third-order valence-corrected chi connectivity index (χ3v) is 2.73. The van der Waals surface area contributed by atoms with Gasteiger partial charge in [-0.05, 0) is 12.1 Å². The Morgan fingerprint density at radius 2 is 2.09 bits per heavy atom. The number of hydrogen-bond acceptors (Lipinski definition) is 8. The maximum Gasteiger partial charge on any atom is 0.315 e. The van der Waals surface area contributed by atoms with Crippen LogP contribution >= 0.6 is 0 Å². The number of allylic oxidation sites excluding steroid dienone is 1. The predicted molar refractivity (Wildman–Crippen MR) is 73.5 cm³/mol. The first kappa shape index (κ1) is 14.7. The first-order chi connectivity index (χ1) is 10.5. The van der Waals surface area contributed by atoms with Crippen LogP contribution < -0.4 is 0 Å². The van der Waals surface area contributed by atoms with E-state index in [0.717, 1.165) is 18.5 Å². The second-order valence-electron chi connectivity index (χ2n) is 4.05. The van der Waals surface area contributed by atoms with Gasteiger partial charge < -0.3 is 15.3 Å². The van der Waals surface area contributed by atoms with Gasteiger partial charge in [0.05, 0.1) is 10.6 Å². The van der Waals surface area contributed by atoms with Gasteiger partial charge in [-0.2, -0.15) is 5.26 Å². The van der Waals surface area contributed by atoms with Crippen molar-refractivity contribution in [3.63, 3.8) is 0 Å². The Kier molecular flexibility index (Phi) is 3.86. The summed E-state index contributed by atoms with van der Waals surface area (Å²) in [5.41, 5.74) is -1.18. The summed E-state index contributed by atoms with van der Waals surface area (Å²) in [5.74, 6) is -2.35. The fourth-order valence-corrected chi connectivity index (χ4v) is 1.69. The summed E-state index contributed by atoms with van der Waals surface area (Å²) in [6.07, 6.45) is 2.51. The SMILES string of the molecule is N#C/C(=C(/O)c1cc(O)c(O)c([N+](=O)[O-])c1)c1ccncn1. The summed E-state index contributed by atoms with van der Waals surface area (Å²) < 4.78 is 0. The molecule has 0 aliphatic heterocycles. The Morgan fingerprint density at radius 1 is 1.36 bits per heavy atom. The monoisotopic (exact) mass is 300 g/mol. The second kappa shape index (κ2) is 5.76. The molecule has 0 bridgehead atoms. The predicted octanol–water partition coefficient (Wildman–Crippen LogP) is 1.75. The van der Waals surface area contributed by atoms with Crippen molar-refractivity contribution in [3.05, 3.63) is 52.1 Å². The van der Waals surface area contributed by atoms with E-state index in [4.69, 9.17) is 5.26 Å². The van der Waals surface area contributed by atoms with Crippen LogP contribution in [0.15, 0.2) is 30.7 Å². The highest BCUT2D eigenvalue weighted by Gasteiger charge is 2.22. The lowest BCUT2D eigenvalue weighted by atomic mass is 10.0. The standard InChI is InChI=1S/C13H8N4O5/c14-5-8(9-1-2-15-6-16-9)12(19)7-3-10(17(21)22)13(20)11(18)4-7/h1-4,6,18-20H/b12-8-. The van der Waals surface area contributed by atoms with E-state index in [-0.39, 0.29) is 16.8 Å². The molecule has 1 heterocycles. The highest BCUT2D eigenvalue weighted by atomic mass is 16.6. The van der Waals surface area contributed by atoms with Crippen LogP contribution in [0.1, 0.15) is 11.3 Å². The number of hydrogen-bond donors (Lipinski definition) is 3. The zero-order valence-electron chi connectivity index (χ0n) is 10.8. The van der Waals surface area contributed by atoms with Crippen molar-refractivity contribution in [2.75, 3.05) is 0 Å². The smallest absolute Gasteiger partial charge is 0.315 e. The molecule has 0 aliphatic carbocycles. The van der Waals surface area contributed by atoms with E-state index in [9.17, 15) is 25.4 Å². The molecule has 1 aromatic heterocycles. The minimum Gasteiger partial charge on any atom is -0.506 e. The maximum atomic E-state index is 10.8. The molecular weight excluding hydrogens is 292 g/mol. The molecule has 0 fully saturated rings. The van der Waals surface area contributed by atoms with Gasteiger partial charge >= 0.3 is 5.69 Å². The van der Waals surface area contributed by atoms with Gasteiger partial charge in [-0.1, -0.05) is 0 Å². The van der Waals surface area contributed by atoms with Crippen LogP contribution in [-0.4, -0.2) is 30.2 Å². The molecule has 0 amide bonds. The van der Waals surface area contributed by atoms with Crippen molar-refractivity contribution in [3.8, 4) is 17.6 Å². The van der Waals surface area contributed by atoms with E-state index in [1.807, 2.05) is 0 Å². The molecule has 2 rings (SSSR count). The van der Waals surface area contributed by atoms with Gasteiger partial charge in [0.2, 0.25) is 5.75 Å². The summed E-state index contributed by atoms with van der Waals surface area (Å²) in [6.45, 7) is 0. The van der Waals surface area contributed by atoms with Crippen LogP contribution in [0.2, 0.25) is 0 Å². The highest BCUT2D eigenvalue weighted by molar-refractivity contribution is 5.93. The van der Waals surface area contributed by atoms with Gasteiger partial charge in [-0.15, -0.1) is 0 Å². The van der Waals surface area contributed by atoms with Gasteiger partial charge in [-0.3, -0.25) is 10.1 Å². The normalized spacial score (nSPS) is 11.4. The first-order valence-electron chi connectivity index (χ1n) is 5.76. The molecule has 0 unspecified atom stereocenters. The molecule has 22 heavy (non-hydrogen) atoms. The number of aliphatic hydroxyl groups excluding tert-OH is 1. The zero-order valence-corrected chi connectivity index (χ0v) is 10.8. The topological polar surface area (TPSA) is 153 Å². The van der Waals surface area contributed by atoms with Crippen molar-refractivity contribution in [2.45, 2.75) is 0 Å². The number of phenolic OH excluding ortho intramolecular Hbond substituents is 2. The molecule has 3 N–H and O–H groups in total. The Labute approximate surface area is 123 Å². The third kappa shape index (κ3) is 2.61. The number of nitro benzene ring substituents is 1. The minimum atomic E-state index is -0.929. The van der Waals surface area contributed by atoms with Gasteiger partial charge in [0, 0.05) is 17.8 Å². The lowest BCUT2D eigenvalue weighted by molar-refractivity contribution is -0.386. The molecule has 110 valence electrons. The average Bonchev–Trinajstić information content (AvgIpc) is 2.51. The summed E-state index contributed by atoms with van der Waals surface area (Å²) in [6, 6.07) is 4.82. The molecule has 0 spiro atoms. The molecule has 1 aromatic carbocycles. The van der Waals surface area contributed by atoms with E-state index >= 15 is 0 Å². The van der Waals surface area contributed by atoms with Crippen LogP contribution in [0.3, 0.4) is 0 Å². The van der Waals surface area contributed by atoms with Gasteiger partial charge in [0.1, 0.15) is 23.7 Å². The van der Waals surface area contributed by atoms with Gasteiger partial charge in [0.15, 0.2) is 5.75 Å². The van der Waals surface area contributed by atoms with Crippen molar-refractivity contribution < 1.29 is 20.2 Å². The summed E-state index contributed by atoms with van der Waals surface area (Å²) in [5, 5.41) is 49.0. The van der Waals surface area contributed by atoms with Crippen LogP contribution in [-0.2, 0) is 0 Å². The van der Waals surface area contributed by atoms with Crippen LogP contribution in [0, 0.1) is 21.4 Å². The molecule has 9 nitrogen and oxygen atoms in total. The van der Waals surface area contributed by atoms with Crippen LogP contribution in [0.25, 0.3) is 11.3 Å². The van der Waals surface area contributed by atoms with E-state index in [1.54, 1.807) is 6.07 Å². The minimum absolute atomic E-state index is 0.102. The summed E-state index contributed by atoms with van der Waals surface area (Å²) in [7, 11) is 0. The lowest BCUT2D eigenvalue weighted by Crippen LogP contribution is -1.96. The van der Waals surface area contributed by atoms with Crippen molar-refractivity contribution in [2.24, 2.45) is 0 Å². The number of phenols is 2. The molecule has 0 radical (unpaired) electrons. The largest absolute Gasteiger partial charge is 0.506 e. The number of benzene rings is 1. The number of nitrogens with zero attached hydrogens (tertiary/aromatic N) is 4. The van der Waals surface area contributed by atoms with Crippen LogP contribution in [0.4, 0.5) is 5.69 Å². The van der Waals surface area contributed by atoms with E-state index < -0.39 is 27.9 Å². The van der Waals surface area contributed by atoms with Crippen molar-refractivity contribution >= 4 is 17.0 Å². The highest BCUT2D eigenvalue weighted by Crippen LogP contribution is 2.38. The number of aromatic hydroxyl groups is 2. The Balaban J connectivity index is 2.67. The number of aromatic nitrogens is 2. The Hall–Kier alpha value is -3.67. The van der Waals surface area contributed by atoms with E-state index in [1.165, 1.54) is 12.3 Å². The van der Waals surface area contributed by atoms with Crippen molar-refractivity contribution in [1.29, 1.82) is 5.26 Å². The Morgan fingerprint density at radius 3 is 2.64 bits per heavy atom. The van der Waals surface area contributed by atoms with Crippen LogP contribution in [0.5, 0.6) is 11.5 Å². The number of nitriles is 1. The van der Waals surface area contributed by atoms with Gasteiger partial charge in [0.25, 0.3) is 0 Å². The number of aliphatic hydroxyl groups is 1. The molecule has 2 aromatic rings. The third-order valence-electron chi connectivity index (χ3n) is 2.73. The quantitative estimate of drug-likeness (QED) is 0.254. The maximum absolute atomic E-state index is 10.8. The fourth-order valence-electron chi connectivity index (χ4n) is 1.69. The number of nitro groups is 1. The van der Waals surface area contributed by atoms with Crippen molar-refractivity contribution in [1.82, 2.24) is 9.97 Å². The molecular formula is C13H8N4O5. The molecule has 0 atom stereocenters. The molecule has 0 saturated carbocycles. The molecule has 0 aliphatic rings. The first-order valence-corrected chi connectivity index (χ1v) is 5.76. The van der Waals surface area contributed by atoms with E-state index in [2.05, 4.69) is 9.97 Å². The van der Waals surface area contributed by atoms with E-state index in [0.29, 0.717) is 0 Å². The zero-order chi connectivity index (χ0) is 16.3. The second-order valence-corrected chi connectivity index (χ2v) is 4.05.